The van der Waals surface area contributed by atoms with E-state index in [-0.39, 0.29) is 18.0 Å². The zero-order chi connectivity index (χ0) is 24.7. The highest BCUT2D eigenvalue weighted by atomic mass is 16.5. The second kappa shape index (κ2) is 17.0. The van der Waals surface area contributed by atoms with Gasteiger partial charge in [0.05, 0.1) is 18.1 Å². The largest absolute Gasteiger partial charge is 0.462 e. The molecule has 0 spiro atoms. The molecule has 0 unspecified atom stereocenters. The van der Waals surface area contributed by atoms with Gasteiger partial charge in [0.15, 0.2) is 0 Å². The van der Waals surface area contributed by atoms with E-state index < -0.39 is 0 Å². The van der Waals surface area contributed by atoms with Gasteiger partial charge in [0.2, 0.25) is 0 Å². The monoisotopic (exact) mass is 492 g/mol. The lowest BCUT2D eigenvalue weighted by Crippen LogP contribution is -2.33. The SMILES string of the molecule is CCCCCCCCOC1CCC(C(=O)OC2CCC(C3CCC(OCCCC)CC3)CC2)CC1. The minimum absolute atomic E-state index is 0.0764. The number of rotatable bonds is 15. The number of ether oxygens (including phenoxy) is 3. The summed E-state index contributed by atoms with van der Waals surface area (Å²) in [6.07, 6.45) is 25.0. The van der Waals surface area contributed by atoms with Gasteiger partial charge in [0.1, 0.15) is 6.10 Å². The summed E-state index contributed by atoms with van der Waals surface area (Å²) in [5.41, 5.74) is 0. The fourth-order valence-electron chi connectivity index (χ4n) is 6.66. The lowest BCUT2D eigenvalue weighted by atomic mass is 9.72. The number of carbonyl (C=O) groups excluding carboxylic acids is 1. The van der Waals surface area contributed by atoms with Gasteiger partial charge in [-0.1, -0.05) is 52.4 Å². The van der Waals surface area contributed by atoms with E-state index >= 15 is 0 Å². The van der Waals surface area contributed by atoms with Gasteiger partial charge in [-0.25, -0.2) is 0 Å². The van der Waals surface area contributed by atoms with Crippen LogP contribution in [-0.2, 0) is 19.0 Å². The van der Waals surface area contributed by atoms with E-state index in [0.29, 0.717) is 12.2 Å². The predicted octanol–water partition coefficient (Wildman–Crippen LogP) is 8.40. The van der Waals surface area contributed by atoms with Gasteiger partial charge in [-0.05, 0) is 102 Å². The molecule has 0 bridgehead atoms. The summed E-state index contributed by atoms with van der Waals surface area (Å²) in [4.78, 5) is 12.8. The molecule has 0 saturated heterocycles. The summed E-state index contributed by atoms with van der Waals surface area (Å²) in [5.74, 6) is 1.88. The summed E-state index contributed by atoms with van der Waals surface area (Å²) in [5, 5.41) is 0. The van der Waals surface area contributed by atoms with Gasteiger partial charge in [-0.15, -0.1) is 0 Å². The summed E-state index contributed by atoms with van der Waals surface area (Å²) in [7, 11) is 0. The molecule has 0 aliphatic heterocycles. The minimum atomic E-state index is 0.0764. The van der Waals surface area contributed by atoms with E-state index in [1.165, 1.54) is 89.9 Å². The Hall–Kier alpha value is -0.610. The van der Waals surface area contributed by atoms with Crippen LogP contribution in [-0.4, -0.2) is 37.5 Å². The number of unbranched alkanes of at least 4 members (excludes halogenated alkanes) is 6. The topological polar surface area (TPSA) is 44.8 Å². The fraction of sp³-hybridized carbons (Fsp3) is 0.968. The second-order valence-electron chi connectivity index (χ2n) is 11.8. The molecular weight excluding hydrogens is 436 g/mol. The molecule has 4 nitrogen and oxygen atoms in total. The van der Waals surface area contributed by atoms with Crippen LogP contribution < -0.4 is 0 Å². The van der Waals surface area contributed by atoms with Gasteiger partial charge >= 0.3 is 5.97 Å². The van der Waals surface area contributed by atoms with Crippen LogP contribution in [0.1, 0.15) is 142 Å². The van der Waals surface area contributed by atoms with Gasteiger partial charge in [0, 0.05) is 13.2 Å². The van der Waals surface area contributed by atoms with Crippen molar-refractivity contribution in [3.05, 3.63) is 0 Å². The first-order valence-corrected chi connectivity index (χ1v) is 15.6. The highest BCUT2D eigenvalue weighted by molar-refractivity contribution is 5.72. The van der Waals surface area contributed by atoms with Crippen LogP contribution in [0.15, 0.2) is 0 Å². The molecule has 3 aliphatic carbocycles. The maximum atomic E-state index is 12.8. The van der Waals surface area contributed by atoms with Crippen LogP contribution in [0.4, 0.5) is 0 Å². The number of esters is 1. The van der Waals surface area contributed by atoms with Crippen LogP contribution in [0.3, 0.4) is 0 Å². The Labute approximate surface area is 216 Å². The van der Waals surface area contributed by atoms with E-state index in [1.807, 2.05) is 0 Å². The van der Waals surface area contributed by atoms with Crippen molar-refractivity contribution in [1.29, 1.82) is 0 Å². The number of carbonyl (C=O) groups is 1. The van der Waals surface area contributed by atoms with Crippen molar-refractivity contribution in [2.75, 3.05) is 13.2 Å². The molecule has 3 fully saturated rings. The maximum absolute atomic E-state index is 12.8. The lowest BCUT2D eigenvalue weighted by molar-refractivity contribution is -0.158. The first kappa shape index (κ1) is 29.0. The third kappa shape index (κ3) is 10.7. The average Bonchev–Trinajstić information content (AvgIpc) is 2.89. The molecule has 0 amide bonds. The molecule has 4 heteroatoms. The second-order valence-corrected chi connectivity index (χ2v) is 11.8. The molecule has 3 saturated carbocycles. The van der Waals surface area contributed by atoms with Crippen molar-refractivity contribution in [2.24, 2.45) is 17.8 Å². The van der Waals surface area contributed by atoms with Crippen LogP contribution >= 0.6 is 0 Å². The third-order valence-electron chi connectivity index (χ3n) is 9.10. The molecule has 0 atom stereocenters. The van der Waals surface area contributed by atoms with E-state index in [0.717, 1.165) is 63.6 Å². The zero-order valence-electron chi connectivity index (χ0n) is 23.2. The van der Waals surface area contributed by atoms with E-state index in [2.05, 4.69) is 13.8 Å². The Balaban J connectivity index is 1.22. The van der Waals surface area contributed by atoms with Crippen molar-refractivity contribution in [3.63, 3.8) is 0 Å². The molecule has 0 heterocycles. The number of hydrogen-bond acceptors (Lipinski definition) is 4. The van der Waals surface area contributed by atoms with Gasteiger partial charge in [-0.3, -0.25) is 4.79 Å². The molecule has 0 N–H and O–H groups in total. The molecule has 35 heavy (non-hydrogen) atoms. The zero-order valence-corrected chi connectivity index (χ0v) is 23.2. The fourth-order valence-corrected chi connectivity index (χ4v) is 6.66. The summed E-state index contributed by atoms with van der Waals surface area (Å²) < 4.78 is 18.2. The molecule has 204 valence electrons. The first-order chi connectivity index (χ1) is 17.2. The van der Waals surface area contributed by atoms with Crippen molar-refractivity contribution in [1.82, 2.24) is 0 Å². The smallest absolute Gasteiger partial charge is 0.309 e. The van der Waals surface area contributed by atoms with E-state index in [1.54, 1.807) is 0 Å². The van der Waals surface area contributed by atoms with Crippen molar-refractivity contribution in [2.45, 2.75) is 161 Å². The number of hydrogen-bond donors (Lipinski definition) is 0. The minimum Gasteiger partial charge on any atom is -0.462 e. The summed E-state index contributed by atoms with van der Waals surface area (Å²) in [6.45, 7) is 6.32. The molecule has 3 aliphatic rings. The highest BCUT2D eigenvalue weighted by Gasteiger charge is 2.34. The lowest BCUT2D eigenvalue weighted by Gasteiger charge is -2.38. The molecule has 3 rings (SSSR count). The van der Waals surface area contributed by atoms with Crippen molar-refractivity contribution < 1.29 is 19.0 Å². The molecular formula is C31H56O4. The van der Waals surface area contributed by atoms with Crippen molar-refractivity contribution >= 4 is 5.97 Å². The van der Waals surface area contributed by atoms with Crippen LogP contribution in [0.5, 0.6) is 0 Å². The Morgan fingerprint density at radius 3 is 1.57 bits per heavy atom. The Bertz CT molecular complexity index is 540. The third-order valence-corrected chi connectivity index (χ3v) is 9.10. The van der Waals surface area contributed by atoms with E-state index in [9.17, 15) is 4.79 Å². The Kier molecular flexibility index (Phi) is 14.1. The quantitative estimate of drug-likeness (QED) is 0.170. The molecule has 0 aromatic carbocycles. The Morgan fingerprint density at radius 2 is 1.00 bits per heavy atom. The van der Waals surface area contributed by atoms with Crippen LogP contribution in [0.25, 0.3) is 0 Å². The highest BCUT2D eigenvalue weighted by Crippen LogP contribution is 2.40. The Morgan fingerprint density at radius 1 is 0.543 bits per heavy atom. The molecule has 0 aromatic heterocycles. The first-order valence-electron chi connectivity index (χ1n) is 15.6. The van der Waals surface area contributed by atoms with Crippen LogP contribution in [0.2, 0.25) is 0 Å². The van der Waals surface area contributed by atoms with Crippen molar-refractivity contribution in [3.8, 4) is 0 Å². The normalized spacial score (nSPS) is 31.8. The standard InChI is InChI=1S/C31H56O4/c1-3-5-7-8-9-10-24-34-29-19-15-27(16-20-29)31(32)35-30-21-13-26(14-22-30)25-11-17-28(18-12-25)33-23-6-4-2/h25-30H,3-24H2,1-2H3. The predicted molar refractivity (Wildman–Crippen MR) is 144 cm³/mol. The summed E-state index contributed by atoms with van der Waals surface area (Å²) in [6, 6.07) is 0. The average molecular weight is 493 g/mol. The summed E-state index contributed by atoms with van der Waals surface area (Å²) >= 11 is 0. The molecule has 0 aromatic rings. The molecule has 0 radical (unpaired) electrons. The van der Waals surface area contributed by atoms with Gasteiger partial charge in [0.25, 0.3) is 0 Å². The maximum Gasteiger partial charge on any atom is 0.309 e. The van der Waals surface area contributed by atoms with Crippen LogP contribution in [0, 0.1) is 17.8 Å². The van der Waals surface area contributed by atoms with Gasteiger partial charge in [-0.2, -0.15) is 0 Å². The van der Waals surface area contributed by atoms with E-state index in [4.69, 9.17) is 14.2 Å². The van der Waals surface area contributed by atoms with Gasteiger partial charge < -0.3 is 14.2 Å².